The van der Waals surface area contributed by atoms with Gasteiger partial charge in [0.25, 0.3) is 0 Å². The van der Waals surface area contributed by atoms with E-state index in [-0.39, 0.29) is 0 Å². The van der Waals surface area contributed by atoms with Gasteiger partial charge in [0.2, 0.25) is 0 Å². The van der Waals surface area contributed by atoms with E-state index in [0.29, 0.717) is 0 Å². The molecule has 0 amide bonds. The van der Waals surface area contributed by atoms with Crippen molar-refractivity contribution in [3.05, 3.63) is 48.0 Å². The second-order valence-corrected chi connectivity index (χ2v) is 3.03. The zero-order chi connectivity index (χ0) is 8.39. The van der Waals surface area contributed by atoms with Crippen molar-refractivity contribution >= 4 is 0 Å². The molecule has 0 radical (unpaired) electrons. The highest BCUT2D eigenvalue weighted by Gasteiger charge is 1.97. The normalized spacial score (nSPS) is 10.4. The lowest BCUT2D eigenvalue weighted by Gasteiger charge is -1.85. The fraction of sp³-hybridized carbons (Fsp3) is 0.167. The molecule has 0 aliphatic heterocycles. The summed E-state index contributed by atoms with van der Waals surface area (Å²) in [6.07, 6.45) is 1.11. The number of hydrogen-bond donors (Lipinski definition) is 0. The van der Waals surface area contributed by atoms with Crippen LogP contribution in [0, 0.1) is 0 Å². The van der Waals surface area contributed by atoms with Crippen LogP contribution in [0.2, 0.25) is 0 Å². The van der Waals surface area contributed by atoms with E-state index in [2.05, 4.69) is 49.4 Å². The Bertz CT molecular complexity index is 319. The minimum atomic E-state index is 1.11. The van der Waals surface area contributed by atoms with Gasteiger partial charge < -0.3 is 0 Å². The molecule has 0 spiro atoms. The molecule has 0 heteroatoms. The first-order valence-electron chi connectivity index (χ1n) is 4.38. The van der Waals surface area contributed by atoms with Gasteiger partial charge in [-0.25, -0.2) is 0 Å². The Morgan fingerprint density at radius 3 is 1.92 bits per heavy atom. The second-order valence-electron chi connectivity index (χ2n) is 3.03. The lowest BCUT2D eigenvalue weighted by molar-refractivity contribution is 1.15. The Morgan fingerprint density at radius 1 is 0.833 bits per heavy atom. The van der Waals surface area contributed by atoms with Gasteiger partial charge in [0.1, 0.15) is 0 Å². The third kappa shape index (κ3) is 1.20. The minimum absolute atomic E-state index is 1.11. The largest absolute Gasteiger partial charge is 0.0613 e. The third-order valence-electron chi connectivity index (χ3n) is 2.25. The van der Waals surface area contributed by atoms with Crippen molar-refractivity contribution < 1.29 is 0 Å². The molecule has 0 N–H and O–H groups in total. The summed E-state index contributed by atoms with van der Waals surface area (Å²) in [6, 6.07) is 15.2. The van der Waals surface area contributed by atoms with Gasteiger partial charge in [-0.1, -0.05) is 49.4 Å². The summed E-state index contributed by atoms with van der Waals surface area (Å²) < 4.78 is 0. The van der Waals surface area contributed by atoms with E-state index in [9.17, 15) is 0 Å². The third-order valence-corrected chi connectivity index (χ3v) is 2.25. The Hall–Kier alpha value is -1.30. The minimum Gasteiger partial charge on any atom is -0.0613 e. The summed E-state index contributed by atoms with van der Waals surface area (Å²) in [5.41, 5.74) is 4.05. The van der Waals surface area contributed by atoms with Gasteiger partial charge in [0.05, 0.1) is 0 Å². The fourth-order valence-corrected chi connectivity index (χ4v) is 1.44. The van der Waals surface area contributed by atoms with Crippen molar-refractivity contribution in [2.75, 3.05) is 0 Å². The Balaban J connectivity index is 2.58. The SMILES string of the molecule is CCc1ccc2cccc-2cc1. The van der Waals surface area contributed by atoms with E-state index < -0.39 is 0 Å². The van der Waals surface area contributed by atoms with Gasteiger partial charge in [-0.3, -0.25) is 0 Å². The van der Waals surface area contributed by atoms with Crippen molar-refractivity contribution in [2.45, 2.75) is 13.3 Å². The molecule has 0 unspecified atom stereocenters. The number of hydrogen-bond acceptors (Lipinski definition) is 0. The molecule has 0 heterocycles. The maximum atomic E-state index is 2.20. The lowest BCUT2D eigenvalue weighted by atomic mass is 10.2. The average Bonchev–Trinajstić information content (AvgIpc) is 2.46. The molecule has 0 aromatic rings. The molecule has 2 aliphatic carbocycles. The van der Waals surface area contributed by atoms with Gasteiger partial charge in [-0.2, -0.15) is 0 Å². The van der Waals surface area contributed by atoms with Crippen LogP contribution in [0.15, 0.2) is 42.5 Å². The predicted molar refractivity (Wildman–Crippen MR) is 52.4 cm³/mol. The zero-order valence-corrected chi connectivity index (χ0v) is 7.25. The van der Waals surface area contributed by atoms with Gasteiger partial charge in [0.15, 0.2) is 0 Å². The van der Waals surface area contributed by atoms with Gasteiger partial charge in [-0.05, 0) is 23.1 Å². The highest BCUT2D eigenvalue weighted by atomic mass is 14.0. The summed E-state index contributed by atoms with van der Waals surface area (Å²) in [5.74, 6) is 0. The highest BCUT2D eigenvalue weighted by molar-refractivity contribution is 5.65. The van der Waals surface area contributed by atoms with E-state index in [1.165, 1.54) is 16.7 Å². The standard InChI is InChI=1S/C12H12/c1-2-10-6-8-11-4-3-5-12(11)9-7-10/h3-9H,2H2,1H3. The molecule has 60 valence electrons. The highest BCUT2D eigenvalue weighted by Crippen LogP contribution is 2.21. The van der Waals surface area contributed by atoms with Crippen molar-refractivity contribution in [2.24, 2.45) is 0 Å². The van der Waals surface area contributed by atoms with Gasteiger partial charge in [-0.15, -0.1) is 0 Å². The van der Waals surface area contributed by atoms with Crippen LogP contribution in [-0.4, -0.2) is 0 Å². The first-order chi connectivity index (χ1) is 5.90. The Kier molecular flexibility index (Phi) is 1.83. The molecule has 0 nitrogen and oxygen atoms in total. The van der Waals surface area contributed by atoms with E-state index in [1.807, 2.05) is 0 Å². The summed E-state index contributed by atoms with van der Waals surface area (Å²) in [6.45, 7) is 2.18. The van der Waals surface area contributed by atoms with Crippen molar-refractivity contribution in [3.63, 3.8) is 0 Å². The van der Waals surface area contributed by atoms with E-state index in [1.54, 1.807) is 0 Å². The molecule has 2 rings (SSSR count). The molecule has 0 saturated carbocycles. The van der Waals surface area contributed by atoms with Crippen LogP contribution in [0.25, 0.3) is 11.1 Å². The second kappa shape index (κ2) is 2.98. The summed E-state index contributed by atoms with van der Waals surface area (Å²) in [5, 5.41) is 0. The van der Waals surface area contributed by atoms with Crippen LogP contribution in [0.1, 0.15) is 12.5 Å². The summed E-state index contributed by atoms with van der Waals surface area (Å²) in [7, 11) is 0. The Morgan fingerprint density at radius 2 is 1.42 bits per heavy atom. The quantitative estimate of drug-likeness (QED) is 0.594. The molecule has 0 aromatic heterocycles. The first-order valence-corrected chi connectivity index (χ1v) is 4.38. The average molecular weight is 156 g/mol. The molecule has 0 saturated heterocycles. The summed E-state index contributed by atoms with van der Waals surface area (Å²) in [4.78, 5) is 0. The van der Waals surface area contributed by atoms with Crippen LogP contribution in [0.4, 0.5) is 0 Å². The summed E-state index contributed by atoms with van der Waals surface area (Å²) >= 11 is 0. The van der Waals surface area contributed by atoms with E-state index >= 15 is 0 Å². The van der Waals surface area contributed by atoms with Crippen molar-refractivity contribution in [1.82, 2.24) is 0 Å². The molecule has 0 aromatic carbocycles. The molecule has 0 bridgehead atoms. The first kappa shape index (κ1) is 7.35. The monoisotopic (exact) mass is 156 g/mol. The van der Waals surface area contributed by atoms with Crippen LogP contribution in [0.3, 0.4) is 0 Å². The van der Waals surface area contributed by atoms with Crippen LogP contribution < -0.4 is 0 Å². The molecule has 12 heavy (non-hydrogen) atoms. The maximum Gasteiger partial charge on any atom is -0.0184 e. The van der Waals surface area contributed by atoms with Crippen LogP contribution >= 0.6 is 0 Å². The molecular weight excluding hydrogens is 144 g/mol. The van der Waals surface area contributed by atoms with Gasteiger partial charge >= 0.3 is 0 Å². The molecular formula is C12H12. The number of rotatable bonds is 1. The van der Waals surface area contributed by atoms with Crippen LogP contribution in [0.5, 0.6) is 0 Å². The van der Waals surface area contributed by atoms with Crippen molar-refractivity contribution in [1.29, 1.82) is 0 Å². The maximum absolute atomic E-state index is 2.20. The predicted octanol–water partition coefficient (Wildman–Crippen LogP) is 3.35. The van der Waals surface area contributed by atoms with E-state index in [0.717, 1.165) is 6.42 Å². The fourth-order valence-electron chi connectivity index (χ4n) is 1.44. The zero-order valence-electron chi connectivity index (χ0n) is 7.25. The molecule has 0 atom stereocenters. The van der Waals surface area contributed by atoms with E-state index in [4.69, 9.17) is 0 Å². The van der Waals surface area contributed by atoms with Crippen molar-refractivity contribution in [3.8, 4) is 11.1 Å². The van der Waals surface area contributed by atoms with Gasteiger partial charge in [0, 0.05) is 0 Å². The smallest absolute Gasteiger partial charge is 0.0184 e. The lowest BCUT2D eigenvalue weighted by Crippen LogP contribution is -1.70. The number of fused-ring (bicyclic) bond motifs is 1. The topological polar surface area (TPSA) is 0 Å². The molecule has 2 aliphatic rings. The number of aryl methyl sites for hydroxylation is 1. The van der Waals surface area contributed by atoms with Crippen LogP contribution in [-0.2, 0) is 6.42 Å². The molecule has 0 fully saturated rings. The Labute approximate surface area is 73.2 Å².